The van der Waals surface area contributed by atoms with Gasteiger partial charge in [0, 0.05) is 17.6 Å². The van der Waals surface area contributed by atoms with Gasteiger partial charge in [0.1, 0.15) is 0 Å². The van der Waals surface area contributed by atoms with Crippen molar-refractivity contribution in [2.24, 2.45) is 0 Å². The third-order valence-corrected chi connectivity index (χ3v) is 1.69. The van der Waals surface area contributed by atoms with E-state index in [0.717, 1.165) is 5.56 Å². The topological polar surface area (TPSA) is 32.9 Å². The maximum absolute atomic E-state index is 10.9. The summed E-state index contributed by atoms with van der Waals surface area (Å²) in [6.07, 6.45) is 5.36. The lowest BCUT2D eigenvalue weighted by molar-refractivity contribution is 1.17. The summed E-state index contributed by atoms with van der Waals surface area (Å²) >= 11 is 5.46. The first-order chi connectivity index (χ1) is 5.74. The molecule has 2 nitrogen and oxygen atoms in total. The van der Waals surface area contributed by atoms with E-state index in [0.29, 0.717) is 11.4 Å². The Bertz CT molecular complexity index is 341. The molecule has 64 valence electrons. The Kier molecular flexibility index (Phi) is 3.11. The van der Waals surface area contributed by atoms with E-state index in [2.05, 4.69) is 4.98 Å². The lowest BCUT2D eigenvalue weighted by atomic mass is 10.2. The lowest BCUT2D eigenvalue weighted by Gasteiger charge is -1.93. The third kappa shape index (κ3) is 2.24. The molecule has 0 saturated heterocycles. The minimum atomic E-state index is -0.0435. The maximum atomic E-state index is 10.9. The van der Waals surface area contributed by atoms with Gasteiger partial charge in [0.15, 0.2) is 0 Å². The molecule has 0 amide bonds. The largest absolute Gasteiger partial charge is 0.328 e. The number of pyridine rings is 1. The molecule has 12 heavy (non-hydrogen) atoms. The number of aromatic amines is 1. The Hall–Kier alpha value is -1.02. The third-order valence-electron chi connectivity index (χ3n) is 1.51. The second kappa shape index (κ2) is 4.12. The summed E-state index contributed by atoms with van der Waals surface area (Å²) in [6.45, 7) is 1.77. The van der Waals surface area contributed by atoms with E-state index >= 15 is 0 Å². The highest BCUT2D eigenvalue weighted by Crippen LogP contribution is 2.00. The molecule has 0 bridgehead atoms. The number of allylic oxidation sites excluding steroid dienone is 1. The number of H-pyrrole nitrogens is 1. The van der Waals surface area contributed by atoms with E-state index in [4.69, 9.17) is 11.6 Å². The molecule has 1 aromatic rings. The Morgan fingerprint density at radius 1 is 1.67 bits per heavy atom. The first kappa shape index (κ1) is 9.07. The van der Waals surface area contributed by atoms with Crippen LogP contribution < -0.4 is 5.56 Å². The number of rotatable bonds is 2. The quantitative estimate of drug-likeness (QED) is 0.699. The standard InChI is InChI=1S/C9H10ClNO/c1-7-5-8(3-2-4-10)6-11-9(7)12/h2-3,5-6H,4H2,1H3,(H,11,12). The molecule has 0 radical (unpaired) electrons. The normalized spacial score (nSPS) is 10.8. The van der Waals surface area contributed by atoms with Gasteiger partial charge in [-0.25, -0.2) is 0 Å². The van der Waals surface area contributed by atoms with Crippen LogP contribution in [0.5, 0.6) is 0 Å². The molecule has 1 aromatic heterocycles. The molecule has 0 aliphatic rings. The highest BCUT2D eigenvalue weighted by atomic mass is 35.5. The summed E-state index contributed by atoms with van der Waals surface area (Å²) in [6, 6.07) is 1.82. The predicted octanol–water partition coefficient (Wildman–Crippen LogP) is 1.94. The fourth-order valence-corrected chi connectivity index (χ4v) is 0.986. The zero-order valence-electron chi connectivity index (χ0n) is 6.80. The average Bonchev–Trinajstić information content (AvgIpc) is 2.07. The first-order valence-corrected chi connectivity index (χ1v) is 4.19. The van der Waals surface area contributed by atoms with Gasteiger partial charge in [0.05, 0.1) is 0 Å². The second-order valence-electron chi connectivity index (χ2n) is 2.50. The molecule has 0 saturated carbocycles. The van der Waals surface area contributed by atoms with Crippen LogP contribution in [0.4, 0.5) is 0 Å². The van der Waals surface area contributed by atoms with Crippen LogP contribution in [0.25, 0.3) is 6.08 Å². The molecule has 3 heteroatoms. The highest BCUT2D eigenvalue weighted by molar-refractivity contribution is 6.19. The van der Waals surface area contributed by atoms with Crippen molar-refractivity contribution >= 4 is 17.7 Å². The van der Waals surface area contributed by atoms with Gasteiger partial charge in [0.25, 0.3) is 5.56 Å². The molecular formula is C9H10ClNO. The highest BCUT2D eigenvalue weighted by Gasteiger charge is 1.92. The van der Waals surface area contributed by atoms with E-state index in [-0.39, 0.29) is 5.56 Å². The summed E-state index contributed by atoms with van der Waals surface area (Å²) in [4.78, 5) is 13.6. The Labute approximate surface area is 75.9 Å². The summed E-state index contributed by atoms with van der Waals surface area (Å²) in [7, 11) is 0. The molecule has 1 heterocycles. The molecule has 0 aromatic carbocycles. The van der Waals surface area contributed by atoms with Crippen molar-refractivity contribution in [2.45, 2.75) is 6.92 Å². The number of aromatic nitrogens is 1. The zero-order chi connectivity index (χ0) is 8.97. The van der Waals surface area contributed by atoms with Gasteiger partial charge in [-0.3, -0.25) is 4.79 Å². The molecular weight excluding hydrogens is 174 g/mol. The lowest BCUT2D eigenvalue weighted by Crippen LogP contribution is -2.07. The summed E-state index contributed by atoms with van der Waals surface area (Å²) < 4.78 is 0. The zero-order valence-corrected chi connectivity index (χ0v) is 7.56. The minimum Gasteiger partial charge on any atom is -0.328 e. The van der Waals surface area contributed by atoms with Crippen molar-refractivity contribution in [3.8, 4) is 0 Å². The van der Waals surface area contributed by atoms with Crippen molar-refractivity contribution < 1.29 is 0 Å². The molecule has 0 fully saturated rings. The van der Waals surface area contributed by atoms with Crippen LogP contribution >= 0.6 is 11.6 Å². The van der Waals surface area contributed by atoms with E-state index in [9.17, 15) is 4.79 Å². The first-order valence-electron chi connectivity index (χ1n) is 3.66. The second-order valence-corrected chi connectivity index (χ2v) is 2.81. The van der Waals surface area contributed by atoms with E-state index in [1.54, 1.807) is 13.1 Å². The van der Waals surface area contributed by atoms with Crippen LogP contribution in [0.15, 0.2) is 23.1 Å². The van der Waals surface area contributed by atoms with Crippen LogP contribution in [-0.4, -0.2) is 10.9 Å². The maximum Gasteiger partial charge on any atom is 0.250 e. The Morgan fingerprint density at radius 3 is 3.00 bits per heavy atom. The number of hydrogen-bond donors (Lipinski definition) is 1. The van der Waals surface area contributed by atoms with E-state index in [1.807, 2.05) is 18.2 Å². The summed E-state index contributed by atoms with van der Waals surface area (Å²) in [5.74, 6) is 0.484. The summed E-state index contributed by atoms with van der Waals surface area (Å²) in [5, 5.41) is 0. The van der Waals surface area contributed by atoms with Gasteiger partial charge in [-0.2, -0.15) is 0 Å². The van der Waals surface area contributed by atoms with Crippen molar-refractivity contribution in [2.75, 3.05) is 5.88 Å². The number of hydrogen-bond acceptors (Lipinski definition) is 1. The monoisotopic (exact) mass is 183 g/mol. The van der Waals surface area contributed by atoms with Gasteiger partial charge >= 0.3 is 0 Å². The Balaban J connectivity index is 2.97. The number of alkyl halides is 1. The van der Waals surface area contributed by atoms with Crippen LogP contribution in [-0.2, 0) is 0 Å². The van der Waals surface area contributed by atoms with Gasteiger partial charge in [-0.15, -0.1) is 11.6 Å². The average molecular weight is 184 g/mol. The van der Waals surface area contributed by atoms with Crippen LogP contribution in [0.3, 0.4) is 0 Å². The Morgan fingerprint density at radius 2 is 2.42 bits per heavy atom. The smallest absolute Gasteiger partial charge is 0.250 e. The SMILES string of the molecule is Cc1cc(C=CCCl)c[nH]c1=O. The fraction of sp³-hybridized carbons (Fsp3) is 0.222. The van der Waals surface area contributed by atoms with Crippen LogP contribution in [0.2, 0.25) is 0 Å². The molecule has 0 aliphatic carbocycles. The van der Waals surface area contributed by atoms with Gasteiger partial charge in [0.2, 0.25) is 0 Å². The number of aryl methyl sites for hydroxylation is 1. The molecule has 1 N–H and O–H groups in total. The predicted molar refractivity (Wildman–Crippen MR) is 51.6 cm³/mol. The van der Waals surface area contributed by atoms with Crippen molar-refractivity contribution in [1.82, 2.24) is 4.98 Å². The minimum absolute atomic E-state index is 0.0435. The number of nitrogens with one attached hydrogen (secondary N) is 1. The molecule has 1 rings (SSSR count). The fourth-order valence-electron chi connectivity index (χ4n) is 0.897. The van der Waals surface area contributed by atoms with Crippen LogP contribution in [0, 0.1) is 6.92 Å². The van der Waals surface area contributed by atoms with Crippen molar-refractivity contribution in [1.29, 1.82) is 0 Å². The summed E-state index contributed by atoms with van der Waals surface area (Å²) in [5.41, 5.74) is 1.64. The molecule has 0 atom stereocenters. The molecule has 0 aliphatic heterocycles. The van der Waals surface area contributed by atoms with Crippen molar-refractivity contribution in [3.63, 3.8) is 0 Å². The molecule has 0 spiro atoms. The van der Waals surface area contributed by atoms with Crippen LogP contribution in [0.1, 0.15) is 11.1 Å². The van der Waals surface area contributed by atoms with Gasteiger partial charge < -0.3 is 4.98 Å². The van der Waals surface area contributed by atoms with E-state index < -0.39 is 0 Å². The van der Waals surface area contributed by atoms with Gasteiger partial charge in [-0.1, -0.05) is 12.2 Å². The van der Waals surface area contributed by atoms with Gasteiger partial charge in [-0.05, 0) is 18.6 Å². The van der Waals surface area contributed by atoms with E-state index in [1.165, 1.54) is 0 Å². The number of halogens is 1. The molecule has 0 unspecified atom stereocenters. The van der Waals surface area contributed by atoms with Crippen molar-refractivity contribution in [3.05, 3.63) is 39.8 Å².